The molecule has 2 N–H and O–H groups in total. The molecule has 1 heterocycles. The van der Waals surface area contributed by atoms with Crippen LogP contribution in [0.15, 0.2) is 40.8 Å². The van der Waals surface area contributed by atoms with Crippen molar-refractivity contribution in [3.05, 3.63) is 47.2 Å². The fourth-order valence-electron chi connectivity index (χ4n) is 2.04. The fraction of sp³-hybridized carbons (Fsp3) is 0.278. The Morgan fingerprint density at radius 2 is 1.77 bits per heavy atom. The molecule has 8 heteroatoms. The third-order valence-corrected chi connectivity index (χ3v) is 3.59. The Balaban J connectivity index is 1.98. The summed E-state index contributed by atoms with van der Waals surface area (Å²) < 4.78 is 10.5. The molecule has 26 heavy (non-hydrogen) atoms. The number of esters is 1. The van der Waals surface area contributed by atoms with Crippen LogP contribution in [-0.2, 0) is 9.53 Å². The number of carbonyl (C=O) groups excluding carboxylic acids is 3. The number of hydrogen-bond donors (Lipinski definition) is 2. The lowest BCUT2D eigenvalue weighted by Gasteiger charge is -2.13. The molecule has 0 spiro atoms. The summed E-state index contributed by atoms with van der Waals surface area (Å²) in [5.74, 6) is -1.24. The van der Waals surface area contributed by atoms with Gasteiger partial charge in [0.15, 0.2) is 6.10 Å². The quantitative estimate of drug-likeness (QED) is 0.777. The lowest BCUT2D eigenvalue weighted by Crippen LogP contribution is -2.46. The van der Waals surface area contributed by atoms with Crippen molar-refractivity contribution in [2.45, 2.75) is 32.9 Å². The number of benzene rings is 1. The van der Waals surface area contributed by atoms with Gasteiger partial charge in [-0.25, -0.2) is 9.59 Å². The maximum atomic E-state index is 12.1. The van der Waals surface area contributed by atoms with E-state index in [-0.39, 0.29) is 11.8 Å². The molecule has 0 bridgehead atoms. The number of nitrogens with one attached hydrogen (secondary N) is 2. The van der Waals surface area contributed by atoms with E-state index in [1.54, 1.807) is 44.2 Å². The lowest BCUT2D eigenvalue weighted by molar-refractivity contribution is -0.128. The minimum atomic E-state index is -1.17. The first-order valence-electron chi connectivity index (χ1n) is 7.95. The van der Waals surface area contributed by atoms with Crippen LogP contribution >= 0.6 is 11.6 Å². The Morgan fingerprint density at radius 3 is 2.42 bits per heavy atom. The SMILES string of the molecule is CC(C)NC(=O)NC(=O)[C@H](C)OC(=O)c1ccc(-c2ccccc2Cl)o1. The van der Waals surface area contributed by atoms with E-state index in [0.717, 1.165) is 0 Å². The van der Waals surface area contributed by atoms with Crippen molar-refractivity contribution in [1.29, 1.82) is 0 Å². The average molecular weight is 379 g/mol. The van der Waals surface area contributed by atoms with Crippen LogP contribution in [0.1, 0.15) is 31.3 Å². The molecule has 0 saturated carbocycles. The smallest absolute Gasteiger partial charge is 0.375 e. The Hall–Kier alpha value is -2.80. The van der Waals surface area contributed by atoms with Gasteiger partial charge in [-0.05, 0) is 45.0 Å². The van der Waals surface area contributed by atoms with Gasteiger partial charge in [-0.1, -0.05) is 23.7 Å². The van der Waals surface area contributed by atoms with Crippen molar-refractivity contribution in [2.75, 3.05) is 0 Å². The van der Waals surface area contributed by atoms with Gasteiger partial charge in [-0.2, -0.15) is 0 Å². The fourth-order valence-corrected chi connectivity index (χ4v) is 2.27. The second-order valence-electron chi connectivity index (χ2n) is 5.81. The first kappa shape index (κ1) is 19.5. The highest BCUT2D eigenvalue weighted by molar-refractivity contribution is 6.33. The van der Waals surface area contributed by atoms with E-state index in [4.69, 9.17) is 20.8 Å². The van der Waals surface area contributed by atoms with Gasteiger partial charge in [0, 0.05) is 11.6 Å². The molecule has 1 aromatic heterocycles. The molecule has 3 amide bonds. The third-order valence-electron chi connectivity index (χ3n) is 3.26. The number of urea groups is 1. The van der Waals surface area contributed by atoms with Gasteiger partial charge in [0.25, 0.3) is 5.91 Å². The number of furan rings is 1. The number of imide groups is 1. The highest BCUT2D eigenvalue weighted by Gasteiger charge is 2.23. The molecule has 138 valence electrons. The first-order chi connectivity index (χ1) is 12.3. The number of carbonyl (C=O) groups is 3. The van der Waals surface area contributed by atoms with Crippen LogP contribution in [-0.4, -0.2) is 30.1 Å². The molecule has 1 aromatic carbocycles. The summed E-state index contributed by atoms with van der Waals surface area (Å²) in [5.41, 5.74) is 0.629. The molecule has 2 aromatic rings. The molecule has 1 atom stereocenters. The molecular weight excluding hydrogens is 360 g/mol. The van der Waals surface area contributed by atoms with Gasteiger partial charge >= 0.3 is 12.0 Å². The van der Waals surface area contributed by atoms with Crippen molar-refractivity contribution in [3.8, 4) is 11.3 Å². The van der Waals surface area contributed by atoms with Crippen molar-refractivity contribution >= 4 is 29.5 Å². The molecule has 0 fully saturated rings. The monoisotopic (exact) mass is 378 g/mol. The Morgan fingerprint density at radius 1 is 1.08 bits per heavy atom. The molecule has 0 unspecified atom stereocenters. The minimum absolute atomic E-state index is 0.0776. The molecule has 2 rings (SSSR count). The van der Waals surface area contributed by atoms with Crippen molar-refractivity contribution in [2.24, 2.45) is 0 Å². The van der Waals surface area contributed by atoms with Crippen LogP contribution in [0.2, 0.25) is 5.02 Å². The summed E-state index contributed by atoms with van der Waals surface area (Å²) in [6.07, 6.45) is -1.17. The van der Waals surface area contributed by atoms with Gasteiger partial charge < -0.3 is 14.5 Å². The van der Waals surface area contributed by atoms with E-state index in [9.17, 15) is 14.4 Å². The summed E-state index contributed by atoms with van der Waals surface area (Å²) in [6.45, 7) is 4.86. The van der Waals surface area contributed by atoms with Crippen molar-refractivity contribution in [1.82, 2.24) is 10.6 Å². The summed E-state index contributed by atoms with van der Waals surface area (Å²) in [5, 5.41) is 5.07. The molecule has 0 aliphatic rings. The number of amides is 3. The van der Waals surface area contributed by atoms with Crippen molar-refractivity contribution in [3.63, 3.8) is 0 Å². The maximum absolute atomic E-state index is 12.1. The van der Waals surface area contributed by atoms with Crippen LogP contribution in [0.4, 0.5) is 4.79 Å². The Bertz CT molecular complexity index is 815. The largest absolute Gasteiger partial charge is 0.449 e. The molecular formula is C18H19ClN2O5. The van der Waals surface area contributed by atoms with Crippen LogP contribution in [0.25, 0.3) is 11.3 Å². The average Bonchev–Trinajstić information content (AvgIpc) is 3.04. The second kappa shape index (κ2) is 8.53. The van der Waals surface area contributed by atoms with Crippen LogP contribution in [0.5, 0.6) is 0 Å². The number of hydrogen-bond acceptors (Lipinski definition) is 5. The topological polar surface area (TPSA) is 97.6 Å². The molecule has 0 aliphatic carbocycles. The van der Waals surface area contributed by atoms with E-state index in [1.807, 2.05) is 0 Å². The zero-order valence-electron chi connectivity index (χ0n) is 14.5. The van der Waals surface area contributed by atoms with E-state index in [0.29, 0.717) is 16.3 Å². The number of rotatable bonds is 5. The molecule has 0 radical (unpaired) electrons. The number of halogens is 1. The summed E-state index contributed by atoms with van der Waals surface area (Å²) in [6, 6.07) is 9.23. The predicted molar refractivity (Wildman–Crippen MR) is 95.8 cm³/mol. The number of ether oxygens (including phenoxy) is 1. The standard InChI is InChI=1S/C18H19ClN2O5/c1-10(2)20-18(24)21-16(22)11(3)25-17(23)15-9-8-14(26-15)12-6-4-5-7-13(12)19/h4-11H,1-3H3,(H2,20,21,22,24)/t11-/m0/s1. The van der Waals surface area contributed by atoms with Gasteiger partial charge in [-0.3, -0.25) is 10.1 Å². The second-order valence-corrected chi connectivity index (χ2v) is 6.22. The Labute approximate surface area is 155 Å². The zero-order chi connectivity index (χ0) is 19.3. The molecule has 7 nitrogen and oxygen atoms in total. The normalized spacial score (nSPS) is 11.7. The van der Waals surface area contributed by atoms with Crippen LogP contribution < -0.4 is 10.6 Å². The highest BCUT2D eigenvalue weighted by Crippen LogP contribution is 2.29. The van der Waals surface area contributed by atoms with Crippen LogP contribution in [0, 0.1) is 0 Å². The van der Waals surface area contributed by atoms with E-state index in [1.165, 1.54) is 13.0 Å². The van der Waals surface area contributed by atoms with E-state index in [2.05, 4.69) is 10.6 Å². The van der Waals surface area contributed by atoms with Gasteiger partial charge in [0.1, 0.15) is 5.76 Å². The van der Waals surface area contributed by atoms with Crippen molar-refractivity contribution < 1.29 is 23.5 Å². The van der Waals surface area contributed by atoms with Crippen LogP contribution in [0.3, 0.4) is 0 Å². The predicted octanol–water partition coefficient (Wildman–Crippen LogP) is 3.38. The van der Waals surface area contributed by atoms with Gasteiger partial charge in [0.2, 0.25) is 5.76 Å². The highest BCUT2D eigenvalue weighted by atomic mass is 35.5. The lowest BCUT2D eigenvalue weighted by atomic mass is 10.2. The van der Waals surface area contributed by atoms with E-state index >= 15 is 0 Å². The molecule has 0 aliphatic heterocycles. The Kier molecular flexibility index (Phi) is 6.41. The van der Waals surface area contributed by atoms with Gasteiger partial charge in [-0.15, -0.1) is 0 Å². The molecule has 0 saturated heterocycles. The zero-order valence-corrected chi connectivity index (χ0v) is 15.3. The van der Waals surface area contributed by atoms with Gasteiger partial charge in [0.05, 0.1) is 5.02 Å². The minimum Gasteiger partial charge on any atom is -0.449 e. The summed E-state index contributed by atoms with van der Waals surface area (Å²) in [7, 11) is 0. The summed E-state index contributed by atoms with van der Waals surface area (Å²) >= 11 is 6.09. The van der Waals surface area contributed by atoms with E-state index < -0.39 is 24.0 Å². The third kappa shape index (κ3) is 5.10. The summed E-state index contributed by atoms with van der Waals surface area (Å²) in [4.78, 5) is 35.5. The maximum Gasteiger partial charge on any atom is 0.375 e. The first-order valence-corrected chi connectivity index (χ1v) is 8.32.